The number of nitrogens with zero attached hydrogens (tertiary/aromatic N) is 1. The van der Waals surface area contributed by atoms with E-state index in [1.54, 1.807) is 18.0 Å². The van der Waals surface area contributed by atoms with Crippen molar-refractivity contribution >= 4 is 28.1 Å². The predicted molar refractivity (Wildman–Crippen MR) is 77.7 cm³/mol. The van der Waals surface area contributed by atoms with E-state index in [0.717, 1.165) is 16.3 Å². The first kappa shape index (κ1) is 15.7. The molecule has 0 saturated carbocycles. The van der Waals surface area contributed by atoms with Crippen LogP contribution in [-0.4, -0.2) is 36.8 Å². The Labute approximate surface area is 121 Å². The van der Waals surface area contributed by atoms with E-state index in [4.69, 9.17) is 4.74 Å². The zero-order valence-electron chi connectivity index (χ0n) is 11.6. The van der Waals surface area contributed by atoms with Gasteiger partial charge in [-0.2, -0.15) is 0 Å². The Hall–Kier alpha value is -1.36. The molecule has 0 spiro atoms. The highest BCUT2D eigenvalue weighted by molar-refractivity contribution is 9.10. The number of aldehydes is 1. The number of carbonyl (C=O) groups is 2. The lowest BCUT2D eigenvalue weighted by atomic mass is 10.1. The van der Waals surface area contributed by atoms with Crippen molar-refractivity contribution in [2.24, 2.45) is 0 Å². The molecule has 1 amide bonds. The average Bonchev–Trinajstić information content (AvgIpc) is 2.35. The molecule has 0 aliphatic heterocycles. The average molecular weight is 328 g/mol. The molecule has 0 radical (unpaired) electrons. The van der Waals surface area contributed by atoms with Gasteiger partial charge < -0.3 is 9.64 Å². The maximum absolute atomic E-state index is 11.8. The summed E-state index contributed by atoms with van der Waals surface area (Å²) in [5.74, 6) is 0.345. The van der Waals surface area contributed by atoms with Gasteiger partial charge in [0, 0.05) is 17.6 Å². The SMILES string of the molecule is Cc1cc(Br)cc(C=O)c1OCC(=O)N(C)C(C)C. The molecule has 0 unspecified atom stereocenters. The number of hydrogen-bond donors (Lipinski definition) is 0. The number of benzene rings is 1. The lowest BCUT2D eigenvalue weighted by molar-refractivity contribution is -0.133. The van der Waals surface area contributed by atoms with Crippen LogP contribution < -0.4 is 4.74 Å². The van der Waals surface area contributed by atoms with E-state index in [1.165, 1.54) is 0 Å². The van der Waals surface area contributed by atoms with Crippen LogP contribution in [0.5, 0.6) is 5.75 Å². The molecular formula is C14H18BrNO3. The van der Waals surface area contributed by atoms with Gasteiger partial charge >= 0.3 is 0 Å². The quantitative estimate of drug-likeness (QED) is 0.781. The number of halogens is 1. The minimum absolute atomic E-state index is 0.0714. The van der Waals surface area contributed by atoms with Gasteiger partial charge in [0.25, 0.3) is 5.91 Å². The Morgan fingerprint density at radius 2 is 2.11 bits per heavy atom. The van der Waals surface area contributed by atoms with Gasteiger partial charge in [0.1, 0.15) is 5.75 Å². The molecule has 1 aromatic rings. The van der Waals surface area contributed by atoms with Crippen molar-refractivity contribution in [2.75, 3.05) is 13.7 Å². The van der Waals surface area contributed by atoms with E-state index >= 15 is 0 Å². The minimum atomic E-state index is -0.117. The lowest BCUT2D eigenvalue weighted by Gasteiger charge is -2.22. The molecule has 0 fully saturated rings. The third-order valence-corrected chi connectivity index (χ3v) is 3.36. The van der Waals surface area contributed by atoms with E-state index in [9.17, 15) is 9.59 Å². The fourth-order valence-electron chi connectivity index (χ4n) is 1.56. The van der Waals surface area contributed by atoms with Crippen molar-refractivity contribution in [1.82, 2.24) is 4.90 Å². The van der Waals surface area contributed by atoms with Gasteiger partial charge in [0.2, 0.25) is 0 Å². The summed E-state index contributed by atoms with van der Waals surface area (Å²) < 4.78 is 6.31. The van der Waals surface area contributed by atoms with E-state index in [1.807, 2.05) is 26.8 Å². The molecular weight excluding hydrogens is 310 g/mol. The number of amides is 1. The minimum Gasteiger partial charge on any atom is -0.483 e. The highest BCUT2D eigenvalue weighted by atomic mass is 79.9. The zero-order chi connectivity index (χ0) is 14.6. The topological polar surface area (TPSA) is 46.6 Å². The summed E-state index contributed by atoms with van der Waals surface area (Å²) in [6.45, 7) is 5.63. The van der Waals surface area contributed by atoms with Crippen LogP contribution in [0.3, 0.4) is 0 Å². The second kappa shape index (κ2) is 6.70. The molecule has 0 saturated heterocycles. The highest BCUT2D eigenvalue weighted by Gasteiger charge is 2.15. The van der Waals surface area contributed by atoms with Crippen LogP contribution in [0.4, 0.5) is 0 Å². The molecule has 0 aliphatic rings. The molecule has 19 heavy (non-hydrogen) atoms. The standard InChI is InChI=1S/C14H18BrNO3/c1-9(2)16(4)13(18)8-19-14-10(3)5-12(15)6-11(14)7-17/h5-7,9H,8H2,1-4H3. The summed E-state index contributed by atoms with van der Waals surface area (Å²) in [5.41, 5.74) is 1.25. The van der Waals surface area contributed by atoms with Crippen LogP contribution in [0.15, 0.2) is 16.6 Å². The third-order valence-electron chi connectivity index (χ3n) is 2.90. The van der Waals surface area contributed by atoms with Crippen molar-refractivity contribution in [3.05, 3.63) is 27.7 Å². The Morgan fingerprint density at radius 3 is 2.63 bits per heavy atom. The van der Waals surface area contributed by atoms with Crippen molar-refractivity contribution < 1.29 is 14.3 Å². The fourth-order valence-corrected chi connectivity index (χ4v) is 2.15. The number of aryl methyl sites for hydroxylation is 1. The number of carbonyl (C=O) groups excluding carboxylic acids is 2. The molecule has 0 aromatic heterocycles. The molecule has 1 aromatic carbocycles. The predicted octanol–water partition coefficient (Wildman–Crippen LogP) is 2.82. The second-order valence-corrected chi connectivity index (χ2v) is 5.56. The molecule has 0 bridgehead atoms. The summed E-state index contributed by atoms with van der Waals surface area (Å²) >= 11 is 3.32. The van der Waals surface area contributed by atoms with E-state index in [2.05, 4.69) is 15.9 Å². The van der Waals surface area contributed by atoms with Gasteiger partial charge in [-0.1, -0.05) is 15.9 Å². The Balaban J connectivity index is 2.84. The number of ether oxygens (including phenoxy) is 1. The van der Waals surface area contributed by atoms with Crippen LogP contribution in [0.25, 0.3) is 0 Å². The van der Waals surface area contributed by atoms with Gasteiger partial charge in [-0.05, 0) is 38.5 Å². The smallest absolute Gasteiger partial charge is 0.260 e. The summed E-state index contributed by atoms with van der Waals surface area (Å²) in [6.07, 6.45) is 0.726. The monoisotopic (exact) mass is 327 g/mol. The van der Waals surface area contributed by atoms with Gasteiger partial charge in [0.05, 0.1) is 5.56 Å². The zero-order valence-corrected chi connectivity index (χ0v) is 13.2. The maximum atomic E-state index is 11.8. The molecule has 0 N–H and O–H groups in total. The lowest BCUT2D eigenvalue weighted by Crippen LogP contribution is -2.36. The summed E-state index contributed by atoms with van der Waals surface area (Å²) in [7, 11) is 1.73. The fraction of sp³-hybridized carbons (Fsp3) is 0.429. The van der Waals surface area contributed by atoms with Gasteiger partial charge in [0.15, 0.2) is 12.9 Å². The third kappa shape index (κ3) is 4.06. The number of rotatable bonds is 5. The first-order valence-corrected chi connectivity index (χ1v) is 6.80. The summed E-state index contributed by atoms with van der Waals surface area (Å²) in [4.78, 5) is 24.5. The van der Waals surface area contributed by atoms with Crippen molar-refractivity contribution in [2.45, 2.75) is 26.8 Å². The molecule has 4 nitrogen and oxygen atoms in total. The Morgan fingerprint density at radius 1 is 1.47 bits per heavy atom. The van der Waals surface area contributed by atoms with Gasteiger partial charge in [-0.15, -0.1) is 0 Å². The van der Waals surface area contributed by atoms with Crippen molar-refractivity contribution in [1.29, 1.82) is 0 Å². The number of likely N-dealkylation sites (N-methyl/N-ethyl adjacent to an activating group) is 1. The first-order chi connectivity index (χ1) is 8.86. The van der Waals surface area contributed by atoms with Crippen molar-refractivity contribution in [3.8, 4) is 5.75 Å². The molecule has 5 heteroatoms. The summed E-state index contributed by atoms with van der Waals surface area (Å²) in [5, 5.41) is 0. The van der Waals surface area contributed by atoms with Crippen molar-refractivity contribution in [3.63, 3.8) is 0 Å². The molecule has 0 atom stereocenters. The Bertz CT molecular complexity index is 486. The largest absolute Gasteiger partial charge is 0.483 e. The second-order valence-electron chi connectivity index (χ2n) is 4.65. The van der Waals surface area contributed by atoms with E-state index in [0.29, 0.717) is 11.3 Å². The van der Waals surface area contributed by atoms with Gasteiger partial charge in [-0.25, -0.2) is 0 Å². The number of hydrogen-bond acceptors (Lipinski definition) is 3. The van der Waals surface area contributed by atoms with E-state index in [-0.39, 0.29) is 18.6 Å². The molecule has 0 aliphatic carbocycles. The Kier molecular flexibility index (Phi) is 5.54. The van der Waals surface area contributed by atoms with Crippen LogP contribution in [0.1, 0.15) is 29.8 Å². The van der Waals surface area contributed by atoms with E-state index < -0.39 is 0 Å². The highest BCUT2D eigenvalue weighted by Crippen LogP contribution is 2.26. The molecule has 104 valence electrons. The maximum Gasteiger partial charge on any atom is 0.260 e. The van der Waals surface area contributed by atoms with Crippen LogP contribution >= 0.6 is 15.9 Å². The molecule has 0 heterocycles. The summed E-state index contributed by atoms with van der Waals surface area (Å²) in [6, 6.07) is 3.64. The van der Waals surface area contributed by atoms with Crippen LogP contribution in [0, 0.1) is 6.92 Å². The molecule has 1 rings (SSSR count). The van der Waals surface area contributed by atoms with Crippen LogP contribution in [-0.2, 0) is 4.79 Å². The van der Waals surface area contributed by atoms with Crippen LogP contribution in [0.2, 0.25) is 0 Å². The first-order valence-electron chi connectivity index (χ1n) is 6.00. The normalized spacial score (nSPS) is 10.4. The van der Waals surface area contributed by atoms with Gasteiger partial charge in [-0.3, -0.25) is 9.59 Å².